The van der Waals surface area contributed by atoms with Gasteiger partial charge in [0.1, 0.15) is 10.8 Å². The second-order valence-corrected chi connectivity index (χ2v) is 12.1. The number of thioether (sulfide) groups is 1. The summed E-state index contributed by atoms with van der Waals surface area (Å²) in [5.74, 6) is 0.211. The first-order valence-corrected chi connectivity index (χ1v) is 15.8. The van der Waals surface area contributed by atoms with Crippen LogP contribution in [0.5, 0.6) is 5.75 Å². The molecule has 43 heavy (non-hydrogen) atoms. The van der Waals surface area contributed by atoms with Gasteiger partial charge >= 0.3 is 5.97 Å². The number of aromatic nitrogens is 3. The van der Waals surface area contributed by atoms with Crippen LogP contribution in [0.1, 0.15) is 61.5 Å². The van der Waals surface area contributed by atoms with E-state index in [0.717, 1.165) is 46.5 Å². The number of amides is 2. The third kappa shape index (κ3) is 6.75. The van der Waals surface area contributed by atoms with E-state index in [-0.39, 0.29) is 30.7 Å². The fraction of sp³-hybridized carbons (Fsp3) is 0.323. The molecule has 224 valence electrons. The Balaban J connectivity index is 1.35. The molecule has 12 heteroatoms. The Labute approximate surface area is 258 Å². The van der Waals surface area contributed by atoms with Crippen molar-refractivity contribution in [2.75, 3.05) is 24.8 Å². The van der Waals surface area contributed by atoms with Crippen LogP contribution in [0.4, 0.5) is 5.00 Å². The Bertz CT molecular complexity index is 1680. The third-order valence-corrected chi connectivity index (χ3v) is 9.17. The monoisotopic (exact) mass is 619 g/mol. The molecule has 2 aromatic heterocycles. The van der Waals surface area contributed by atoms with Crippen molar-refractivity contribution in [1.29, 1.82) is 0 Å². The number of nitrogens with one attached hydrogen (secondary N) is 2. The zero-order valence-electron chi connectivity index (χ0n) is 24.5. The number of carbonyl (C=O) groups is 3. The summed E-state index contributed by atoms with van der Waals surface area (Å²) in [6.45, 7) is 6.14. The zero-order chi connectivity index (χ0) is 30.5. The van der Waals surface area contributed by atoms with Gasteiger partial charge in [0.2, 0.25) is 5.91 Å². The lowest BCUT2D eigenvalue weighted by Gasteiger charge is -2.14. The van der Waals surface area contributed by atoms with Gasteiger partial charge in [0, 0.05) is 10.4 Å². The fourth-order valence-corrected chi connectivity index (χ4v) is 7.00. The van der Waals surface area contributed by atoms with E-state index in [1.54, 1.807) is 38.3 Å². The number of esters is 1. The average molecular weight is 620 g/mol. The topological polar surface area (TPSA) is 124 Å². The lowest BCUT2D eigenvalue weighted by molar-refractivity contribution is -0.113. The van der Waals surface area contributed by atoms with Gasteiger partial charge in [-0.05, 0) is 81.0 Å². The fourth-order valence-electron chi connectivity index (χ4n) is 4.94. The number of benzene rings is 2. The molecule has 2 amide bonds. The van der Waals surface area contributed by atoms with Crippen LogP contribution in [0, 0.1) is 13.8 Å². The number of methoxy groups -OCH3 is 1. The van der Waals surface area contributed by atoms with E-state index in [2.05, 4.69) is 20.8 Å². The van der Waals surface area contributed by atoms with Crippen molar-refractivity contribution >= 4 is 45.9 Å². The number of carbonyl (C=O) groups excluding carboxylic acids is 3. The number of ether oxygens (including phenoxy) is 2. The maximum atomic E-state index is 13.1. The molecule has 0 saturated carbocycles. The minimum Gasteiger partial charge on any atom is -0.497 e. The maximum absolute atomic E-state index is 13.1. The third-order valence-electron chi connectivity index (χ3n) is 7.03. The molecule has 0 bridgehead atoms. The molecule has 2 N–H and O–H groups in total. The number of hydrogen-bond donors (Lipinski definition) is 2. The first-order chi connectivity index (χ1) is 20.8. The van der Waals surface area contributed by atoms with Crippen LogP contribution < -0.4 is 15.4 Å². The number of rotatable bonds is 11. The molecule has 0 spiro atoms. The van der Waals surface area contributed by atoms with Gasteiger partial charge in [-0.25, -0.2) is 4.79 Å². The van der Waals surface area contributed by atoms with Crippen LogP contribution >= 0.6 is 23.1 Å². The van der Waals surface area contributed by atoms with Crippen molar-refractivity contribution in [2.45, 2.75) is 51.7 Å². The van der Waals surface area contributed by atoms with Crippen molar-refractivity contribution in [3.8, 4) is 11.4 Å². The molecule has 0 saturated heterocycles. The molecule has 2 aromatic carbocycles. The van der Waals surface area contributed by atoms with Gasteiger partial charge in [-0.2, -0.15) is 0 Å². The Morgan fingerprint density at radius 2 is 1.93 bits per heavy atom. The first kappa shape index (κ1) is 30.3. The Morgan fingerprint density at radius 1 is 1.09 bits per heavy atom. The van der Waals surface area contributed by atoms with Crippen LogP contribution in [0.2, 0.25) is 0 Å². The molecule has 1 aliphatic carbocycles. The van der Waals surface area contributed by atoms with Gasteiger partial charge in [0.15, 0.2) is 11.0 Å². The van der Waals surface area contributed by atoms with E-state index in [1.807, 2.05) is 36.6 Å². The van der Waals surface area contributed by atoms with Crippen LogP contribution in [0.3, 0.4) is 0 Å². The summed E-state index contributed by atoms with van der Waals surface area (Å²) >= 11 is 2.68. The quantitative estimate of drug-likeness (QED) is 0.172. The molecule has 0 fully saturated rings. The van der Waals surface area contributed by atoms with Crippen molar-refractivity contribution in [1.82, 2.24) is 20.1 Å². The Morgan fingerprint density at radius 3 is 2.72 bits per heavy atom. The lowest BCUT2D eigenvalue weighted by atomic mass is 10.1. The molecule has 1 aliphatic rings. The number of nitrogens with zero attached hydrogens (tertiary/aromatic N) is 3. The molecular formula is C31H33N5O5S2. The van der Waals surface area contributed by atoms with E-state index in [1.165, 1.54) is 23.1 Å². The molecule has 10 nitrogen and oxygen atoms in total. The molecular weight excluding hydrogens is 587 g/mol. The number of aryl methyl sites for hydroxylation is 3. The van der Waals surface area contributed by atoms with E-state index < -0.39 is 5.97 Å². The SMILES string of the molecule is CCOC(=O)c1c(NC(=O)CSc2nnc(CNC(=O)c3cccc(OC)c3)n2-c2cc(C)ccc2C)sc2c1CCC2. The summed E-state index contributed by atoms with van der Waals surface area (Å²) in [6, 6.07) is 13.0. The number of fused-ring (bicyclic) bond motifs is 1. The predicted molar refractivity (Wildman–Crippen MR) is 167 cm³/mol. The van der Waals surface area contributed by atoms with Gasteiger partial charge in [-0.15, -0.1) is 21.5 Å². The normalized spacial score (nSPS) is 12.1. The minimum absolute atomic E-state index is 0.0456. The Hall–Kier alpha value is -4.16. The van der Waals surface area contributed by atoms with Crippen LogP contribution in [-0.2, 0) is 28.9 Å². The molecule has 0 radical (unpaired) electrons. The molecule has 0 unspecified atom stereocenters. The molecule has 2 heterocycles. The van der Waals surface area contributed by atoms with Crippen LogP contribution in [-0.4, -0.2) is 52.0 Å². The van der Waals surface area contributed by atoms with Gasteiger partial charge < -0.3 is 20.1 Å². The van der Waals surface area contributed by atoms with Gasteiger partial charge in [0.25, 0.3) is 5.91 Å². The van der Waals surface area contributed by atoms with Gasteiger partial charge in [0.05, 0.1) is 37.3 Å². The summed E-state index contributed by atoms with van der Waals surface area (Å²) in [5, 5.41) is 15.7. The van der Waals surface area contributed by atoms with Crippen molar-refractivity contribution in [3.05, 3.63) is 81.0 Å². The number of hydrogen-bond acceptors (Lipinski definition) is 9. The van der Waals surface area contributed by atoms with Crippen molar-refractivity contribution in [2.24, 2.45) is 0 Å². The number of thiophene rings is 1. The predicted octanol–water partition coefficient (Wildman–Crippen LogP) is 5.28. The van der Waals surface area contributed by atoms with Crippen LogP contribution in [0.25, 0.3) is 5.69 Å². The smallest absolute Gasteiger partial charge is 0.341 e. The molecule has 5 rings (SSSR count). The maximum Gasteiger partial charge on any atom is 0.341 e. The highest BCUT2D eigenvalue weighted by Crippen LogP contribution is 2.39. The standard InChI is InChI=1S/C31H33N5O5S2/c1-5-41-30(39)27-22-10-7-11-24(22)43-29(27)33-26(37)17-42-31-35-34-25(36(31)23-14-18(2)12-13-19(23)3)16-32-28(38)20-8-6-9-21(15-20)40-4/h6,8-9,12-15H,5,7,10-11,16-17H2,1-4H3,(H,32,38)(H,33,37). The number of anilines is 1. The zero-order valence-corrected chi connectivity index (χ0v) is 26.1. The molecule has 4 aromatic rings. The van der Waals surface area contributed by atoms with E-state index >= 15 is 0 Å². The summed E-state index contributed by atoms with van der Waals surface area (Å²) in [4.78, 5) is 39.9. The van der Waals surface area contributed by atoms with Crippen LogP contribution in [0.15, 0.2) is 47.6 Å². The average Bonchev–Trinajstić information content (AvgIpc) is 3.71. The highest BCUT2D eigenvalue weighted by atomic mass is 32.2. The second kappa shape index (κ2) is 13.4. The first-order valence-electron chi connectivity index (χ1n) is 14.0. The van der Waals surface area contributed by atoms with Gasteiger partial charge in [-0.3, -0.25) is 14.2 Å². The molecule has 0 atom stereocenters. The van der Waals surface area contributed by atoms with Crippen molar-refractivity contribution < 1.29 is 23.9 Å². The highest BCUT2D eigenvalue weighted by molar-refractivity contribution is 7.99. The van der Waals surface area contributed by atoms with Gasteiger partial charge in [-0.1, -0.05) is 30.0 Å². The molecule has 0 aliphatic heterocycles. The summed E-state index contributed by atoms with van der Waals surface area (Å²) < 4.78 is 12.4. The second-order valence-electron chi connectivity index (χ2n) is 10.1. The lowest BCUT2D eigenvalue weighted by Crippen LogP contribution is -2.25. The Kier molecular flexibility index (Phi) is 9.46. The highest BCUT2D eigenvalue weighted by Gasteiger charge is 2.28. The van der Waals surface area contributed by atoms with E-state index in [0.29, 0.717) is 32.9 Å². The summed E-state index contributed by atoms with van der Waals surface area (Å²) in [6.07, 6.45) is 2.70. The summed E-state index contributed by atoms with van der Waals surface area (Å²) in [5.41, 5.74) is 4.82. The summed E-state index contributed by atoms with van der Waals surface area (Å²) in [7, 11) is 1.55. The minimum atomic E-state index is -0.403. The largest absolute Gasteiger partial charge is 0.497 e. The van der Waals surface area contributed by atoms with E-state index in [9.17, 15) is 14.4 Å². The van der Waals surface area contributed by atoms with Crippen molar-refractivity contribution in [3.63, 3.8) is 0 Å². The van der Waals surface area contributed by atoms with E-state index in [4.69, 9.17) is 9.47 Å².